The summed E-state index contributed by atoms with van der Waals surface area (Å²) < 4.78 is 0. The first-order valence-electron chi connectivity index (χ1n) is 7.07. The number of nitrogens with one attached hydrogen (secondary N) is 1. The molecule has 2 aliphatic rings. The van der Waals surface area contributed by atoms with E-state index in [1.807, 2.05) is 0 Å². The molecular weight excluding hydrogens is 248 g/mol. The molecule has 2 rings (SSSR count). The zero-order valence-corrected chi connectivity index (χ0v) is 12.4. The van der Waals surface area contributed by atoms with Crippen LogP contribution in [0.2, 0.25) is 0 Å². The van der Waals surface area contributed by atoms with Crippen LogP contribution in [0, 0.1) is 17.3 Å². The van der Waals surface area contributed by atoms with E-state index in [4.69, 9.17) is 5.73 Å². The largest absolute Gasteiger partial charge is 0.355 e. The Morgan fingerprint density at radius 3 is 2.56 bits per heavy atom. The van der Waals surface area contributed by atoms with Gasteiger partial charge in [0.05, 0.1) is 0 Å². The highest BCUT2D eigenvalue weighted by Crippen LogP contribution is 2.51. The summed E-state index contributed by atoms with van der Waals surface area (Å²) in [5.74, 6) is 1.09. The molecule has 0 aliphatic heterocycles. The molecule has 18 heavy (non-hydrogen) atoms. The first kappa shape index (κ1) is 15.8. The second kappa shape index (κ2) is 6.25. The van der Waals surface area contributed by atoms with Crippen molar-refractivity contribution < 1.29 is 4.79 Å². The molecule has 0 bridgehead atoms. The lowest BCUT2D eigenvalue weighted by molar-refractivity contribution is -0.126. The molecule has 0 aromatic rings. The van der Waals surface area contributed by atoms with Crippen LogP contribution < -0.4 is 11.1 Å². The zero-order valence-electron chi connectivity index (χ0n) is 11.6. The molecule has 0 aromatic heterocycles. The number of nitrogens with two attached hydrogens (primary N) is 1. The minimum absolute atomic E-state index is 0. The van der Waals surface area contributed by atoms with Crippen LogP contribution in [0.4, 0.5) is 0 Å². The molecule has 2 aliphatic carbocycles. The van der Waals surface area contributed by atoms with Crippen molar-refractivity contribution in [1.82, 2.24) is 5.32 Å². The SMILES string of the molecule is CC(C)C1(CNC(=O)C2CCCC(N)C2)CC1.Cl. The molecular formula is C14H27ClN2O. The third-order valence-electron chi connectivity index (χ3n) is 4.82. The predicted octanol–water partition coefficient (Wildman–Crippen LogP) is 2.48. The lowest BCUT2D eigenvalue weighted by Gasteiger charge is -2.27. The second-order valence-electron chi connectivity index (χ2n) is 6.36. The number of amides is 1. The first-order chi connectivity index (χ1) is 8.03. The molecule has 2 fully saturated rings. The first-order valence-corrected chi connectivity index (χ1v) is 7.07. The van der Waals surface area contributed by atoms with Gasteiger partial charge in [-0.05, 0) is 43.4 Å². The van der Waals surface area contributed by atoms with Crippen LogP contribution in [0.3, 0.4) is 0 Å². The molecule has 0 saturated heterocycles. The quantitative estimate of drug-likeness (QED) is 0.828. The molecule has 0 aromatic carbocycles. The fourth-order valence-electron chi connectivity index (χ4n) is 2.99. The van der Waals surface area contributed by atoms with E-state index in [1.165, 1.54) is 12.8 Å². The van der Waals surface area contributed by atoms with Crippen molar-refractivity contribution in [1.29, 1.82) is 0 Å². The van der Waals surface area contributed by atoms with E-state index in [-0.39, 0.29) is 30.3 Å². The Labute approximate surface area is 117 Å². The van der Waals surface area contributed by atoms with Crippen molar-refractivity contribution in [3.63, 3.8) is 0 Å². The summed E-state index contributed by atoms with van der Waals surface area (Å²) in [6.45, 7) is 5.39. The van der Waals surface area contributed by atoms with Gasteiger partial charge >= 0.3 is 0 Å². The van der Waals surface area contributed by atoms with E-state index in [2.05, 4.69) is 19.2 Å². The monoisotopic (exact) mass is 274 g/mol. The summed E-state index contributed by atoms with van der Waals surface area (Å²) >= 11 is 0. The molecule has 1 amide bonds. The van der Waals surface area contributed by atoms with E-state index in [1.54, 1.807) is 0 Å². The van der Waals surface area contributed by atoms with E-state index in [0.717, 1.165) is 32.2 Å². The average molecular weight is 275 g/mol. The summed E-state index contributed by atoms with van der Waals surface area (Å²) in [6.07, 6.45) is 6.63. The molecule has 2 saturated carbocycles. The van der Waals surface area contributed by atoms with Crippen LogP contribution in [0.15, 0.2) is 0 Å². The van der Waals surface area contributed by atoms with Crippen LogP contribution >= 0.6 is 12.4 Å². The maximum Gasteiger partial charge on any atom is 0.223 e. The van der Waals surface area contributed by atoms with E-state index in [0.29, 0.717) is 11.3 Å². The molecule has 3 N–H and O–H groups in total. The van der Waals surface area contributed by atoms with Gasteiger partial charge in [0.15, 0.2) is 0 Å². The Balaban J connectivity index is 0.00000162. The molecule has 0 heterocycles. The van der Waals surface area contributed by atoms with Crippen molar-refractivity contribution in [2.75, 3.05) is 6.54 Å². The highest BCUT2D eigenvalue weighted by molar-refractivity contribution is 5.85. The Bertz CT molecular complexity index is 290. The lowest BCUT2D eigenvalue weighted by atomic mass is 9.85. The van der Waals surface area contributed by atoms with Gasteiger partial charge in [-0.25, -0.2) is 0 Å². The Morgan fingerprint density at radius 2 is 2.06 bits per heavy atom. The van der Waals surface area contributed by atoms with Gasteiger partial charge in [0.2, 0.25) is 5.91 Å². The molecule has 0 spiro atoms. The maximum atomic E-state index is 12.1. The van der Waals surface area contributed by atoms with Gasteiger partial charge in [-0.3, -0.25) is 4.79 Å². The van der Waals surface area contributed by atoms with Crippen LogP contribution in [0.5, 0.6) is 0 Å². The lowest BCUT2D eigenvalue weighted by Crippen LogP contribution is -2.40. The highest BCUT2D eigenvalue weighted by Gasteiger charge is 2.45. The summed E-state index contributed by atoms with van der Waals surface area (Å²) in [6, 6.07) is 0.236. The molecule has 4 heteroatoms. The Kier molecular flexibility index (Phi) is 5.47. The van der Waals surface area contributed by atoms with Crippen molar-refractivity contribution in [2.45, 2.75) is 58.4 Å². The number of carbonyl (C=O) groups excluding carboxylic acids is 1. The van der Waals surface area contributed by atoms with E-state index in [9.17, 15) is 4.79 Å². The summed E-state index contributed by atoms with van der Waals surface area (Å²) in [7, 11) is 0. The van der Waals surface area contributed by atoms with E-state index >= 15 is 0 Å². The van der Waals surface area contributed by atoms with Gasteiger partial charge in [-0.2, -0.15) is 0 Å². The average Bonchev–Trinajstić information content (AvgIpc) is 3.07. The molecule has 3 nitrogen and oxygen atoms in total. The van der Waals surface area contributed by atoms with Crippen LogP contribution in [-0.2, 0) is 4.79 Å². The molecule has 2 unspecified atom stereocenters. The number of hydrogen-bond acceptors (Lipinski definition) is 2. The van der Waals surface area contributed by atoms with Gasteiger partial charge in [-0.1, -0.05) is 20.3 Å². The smallest absolute Gasteiger partial charge is 0.223 e. The van der Waals surface area contributed by atoms with Crippen LogP contribution in [-0.4, -0.2) is 18.5 Å². The van der Waals surface area contributed by atoms with E-state index < -0.39 is 0 Å². The third-order valence-corrected chi connectivity index (χ3v) is 4.82. The maximum absolute atomic E-state index is 12.1. The standard InChI is InChI=1S/C14H26N2O.ClH/c1-10(2)14(6-7-14)9-16-13(17)11-4-3-5-12(15)8-11;/h10-12H,3-9,15H2,1-2H3,(H,16,17);1H. The molecule has 2 atom stereocenters. The van der Waals surface area contributed by atoms with Crippen molar-refractivity contribution in [3.8, 4) is 0 Å². The number of hydrogen-bond donors (Lipinski definition) is 2. The fourth-order valence-corrected chi connectivity index (χ4v) is 2.99. The minimum Gasteiger partial charge on any atom is -0.355 e. The Hall–Kier alpha value is -0.280. The van der Waals surface area contributed by atoms with Crippen molar-refractivity contribution >= 4 is 18.3 Å². The fraction of sp³-hybridized carbons (Fsp3) is 0.929. The normalized spacial score (nSPS) is 29.6. The summed E-state index contributed by atoms with van der Waals surface area (Å²) in [4.78, 5) is 12.1. The minimum atomic E-state index is 0. The van der Waals surface area contributed by atoms with Gasteiger partial charge < -0.3 is 11.1 Å². The third kappa shape index (κ3) is 3.61. The van der Waals surface area contributed by atoms with Gasteiger partial charge in [-0.15, -0.1) is 12.4 Å². The second-order valence-corrected chi connectivity index (χ2v) is 6.36. The summed E-state index contributed by atoms with van der Waals surface area (Å²) in [5.41, 5.74) is 6.33. The Morgan fingerprint density at radius 1 is 1.39 bits per heavy atom. The number of rotatable bonds is 4. The van der Waals surface area contributed by atoms with Crippen molar-refractivity contribution in [2.24, 2.45) is 23.0 Å². The highest BCUT2D eigenvalue weighted by atomic mass is 35.5. The van der Waals surface area contributed by atoms with Gasteiger partial charge in [0.25, 0.3) is 0 Å². The number of carbonyl (C=O) groups is 1. The topological polar surface area (TPSA) is 55.1 Å². The molecule has 106 valence electrons. The molecule has 0 radical (unpaired) electrons. The number of halogens is 1. The van der Waals surface area contributed by atoms with Gasteiger partial charge in [0, 0.05) is 18.5 Å². The van der Waals surface area contributed by atoms with Gasteiger partial charge in [0.1, 0.15) is 0 Å². The van der Waals surface area contributed by atoms with Crippen LogP contribution in [0.1, 0.15) is 52.4 Å². The predicted molar refractivity (Wildman–Crippen MR) is 76.7 cm³/mol. The zero-order chi connectivity index (χ0) is 12.5. The van der Waals surface area contributed by atoms with Crippen LogP contribution in [0.25, 0.3) is 0 Å². The summed E-state index contributed by atoms with van der Waals surface area (Å²) in [5, 5.41) is 3.16. The van der Waals surface area contributed by atoms with Crippen molar-refractivity contribution in [3.05, 3.63) is 0 Å².